The Morgan fingerprint density at radius 3 is 2.22 bits per heavy atom. The van der Waals surface area contributed by atoms with Crippen LogP contribution in [0.4, 0.5) is 30.7 Å². The van der Waals surface area contributed by atoms with Crippen LogP contribution in [0.15, 0.2) is 48.5 Å². The third kappa shape index (κ3) is 5.74. The molecule has 3 aromatic rings. The van der Waals surface area contributed by atoms with Gasteiger partial charge in [-0.1, -0.05) is 30.3 Å². The van der Waals surface area contributed by atoms with Crippen molar-refractivity contribution in [2.75, 3.05) is 26.3 Å². The molecule has 1 aliphatic rings. The van der Waals surface area contributed by atoms with E-state index in [1.54, 1.807) is 30.3 Å². The quantitative estimate of drug-likeness (QED) is 0.378. The van der Waals surface area contributed by atoms with E-state index in [4.69, 9.17) is 4.74 Å². The van der Waals surface area contributed by atoms with Gasteiger partial charge in [-0.3, -0.25) is 4.79 Å². The van der Waals surface area contributed by atoms with Crippen molar-refractivity contribution in [3.63, 3.8) is 0 Å². The first-order chi connectivity index (χ1) is 17.4. The van der Waals surface area contributed by atoms with E-state index >= 15 is 4.39 Å². The molecular weight excluding hydrogens is 509 g/mol. The third-order valence-electron chi connectivity index (χ3n) is 5.90. The number of nitrogens with zero attached hydrogens (tertiary/aromatic N) is 2. The molecule has 0 spiro atoms. The number of alkyl halides is 6. The average molecular weight is 530 g/mol. The number of carbonyl (C=O) groups is 1. The normalized spacial score (nSPS) is 14.6. The first-order valence-corrected chi connectivity index (χ1v) is 11.1. The van der Waals surface area contributed by atoms with Crippen LogP contribution < -0.4 is 4.74 Å². The molecule has 0 unspecified atom stereocenters. The SMILES string of the molecule is Cc1c(-c2ccc(OC(F)(F)F)cc2F)c(C(=O)N2CCOCC2)n(Cc2ccccc2)c1C(F)(F)F. The standard InChI is InChI=1S/C25H21F7N2O3/c1-15-20(18-8-7-17(13-19(18)26)37-25(30,31)32)21(23(35)33-9-11-36-12-10-33)34(22(15)24(27,28)29)14-16-5-3-2-4-6-16/h2-8,13H,9-12,14H2,1H3. The van der Waals surface area contributed by atoms with Crippen molar-refractivity contribution >= 4 is 5.91 Å². The first kappa shape index (κ1) is 26.5. The number of ether oxygens (including phenoxy) is 2. The minimum atomic E-state index is -5.09. The summed E-state index contributed by atoms with van der Waals surface area (Å²) in [6.45, 7) is 1.31. The van der Waals surface area contributed by atoms with Crippen molar-refractivity contribution in [2.45, 2.75) is 26.0 Å². The van der Waals surface area contributed by atoms with Gasteiger partial charge in [0, 0.05) is 36.8 Å². The fourth-order valence-corrected chi connectivity index (χ4v) is 4.40. The summed E-state index contributed by atoms with van der Waals surface area (Å²) in [4.78, 5) is 15.0. The molecule has 0 saturated carbocycles. The van der Waals surface area contributed by atoms with Gasteiger partial charge in [-0.2, -0.15) is 13.2 Å². The maximum absolute atomic E-state index is 15.2. The summed E-state index contributed by atoms with van der Waals surface area (Å²) in [5.74, 6) is -2.93. The van der Waals surface area contributed by atoms with Gasteiger partial charge in [0.25, 0.3) is 5.91 Å². The molecule has 37 heavy (non-hydrogen) atoms. The Hall–Kier alpha value is -3.54. The maximum Gasteiger partial charge on any atom is 0.573 e. The van der Waals surface area contributed by atoms with Crippen LogP contribution in [0.5, 0.6) is 5.75 Å². The first-order valence-electron chi connectivity index (χ1n) is 11.1. The highest BCUT2D eigenvalue weighted by Crippen LogP contribution is 2.43. The number of amides is 1. The van der Waals surface area contributed by atoms with Crippen LogP contribution >= 0.6 is 0 Å². The van der Waals surface area contributed by atoms with Crippen LogP contribution in [0, 0.1) is 12.7 Å². The van der Waals surface area contributed by atoms with Gasteiger partial charge in [0.15, 0.2) is 0 Å². The van der Waals surface area contributed by atoms with Gasteiger partial charge in [-0.25, -0.2) is 4.39 Å². The molecule has 2 aromatic carbocycles. The topological polar surface area (TPSA) is 43.7 Å². The fourth-order valence-electron chi connectivity index (χ4n) is 4.40. The molecule has 2 heterocycles. The van der Waals surface area contributed by atoms with E-state index in [1.165, 1.54) is 4.90 Å². The molecule has 1 aromatic heterocycles. The maximum atomic E-state index is 15.2. The van der Waals surface area contributed by atoms with Crippen LogP contribution in [-0.2, 0) is 17.5 Å². The van der Waals surface area contributed by atoms with Crippen molar-refractivity contribution in [1.82, 2.24) is 9.47 Å². The monoisotopic (exact) mass is 530 g/mol. The molecule has 0 bridgehead atoms. The lowest BCUT2D eigenvalue weighted by atomic mass is 9.99. The zero-order valence-electron chi connectivity index (χ0n) is 19.4. The fraction of sp³-hybridized carbons (Fsp3) is 0.320. The van der Waals surface area contributed by atoms with E-state index in [2.05, 4.69) is 4.74 Å². The minimum absolute atomic E-state index is 0.107. The van der Waals surface area contributed by atoms with Crippen LogP contribution in [0.1, 0.15) is 27.3 Å². The Morgan fingerprint density at radius 2 is 1.65 bits per heavy atom. The molecule has 4 rings (SSSR count). The molecule has 0 N–H and O–H groups in total. The highest BCUT2D eigenvalue weighted by atomic mass is 19.4. The lowest BCUT2D eigenvalue weighted by Crippen LogP contribution is -2.41. The molecule has 0 radical (unpaired) electrons. The van der Waals surface area contributed by atoms with Crippen molar-refractivity contribution in [3.8, 4) is 16.9 Å². The van der Waals surface area contributed by atoms with Crippen molar-refractivity contribution in [1.29, 1.82) is 0 Å². The van der Waals surface area contributed by atoms with Gasteiger partial charge < -0.3 is 18.9 Å². The van der Waals surface area contributed by atoms with Crippen LogP contribution in [-0.4, -0.2) is 48.0 Å². The van der Waals surface area contributed by atoms with E-state index in [9.17, 15) is 31.1 Å². The van der Waals surface area contributed by atoms with Crippen LogP contribution in [0.2, 0.25) is 0 Å². The number of hydrogen-bond donors (Lipinski definition) is 0. The number of rotatable bonds is 5. The molecular formula is C25H21F7N2O3. The van der Waals surface area contributed by atoms with E-state index in [-0.39, 0.29) is 38.4 Å². The number of aromatic nitrogens is 1. The Balaban J connectivity index is 1.96. The second-order valence-electron chi connectivity index (χ2n) is 8.36. The number of benzene rings is 2. The summed E-state index contributed by atoms with van der Waals surface area (Å²) in [7, 11) is 0. The molecule has 198 valence electrons. The highest BCUT2D eigenvalue weighted by molar-refractivity contribution is 6.01. The van der Waals surface area contributed by atoms with Crippen molar-refractivity contribution in [3.05, 3.63) is 76.9 Å². The third-order valence-corrected chi connectivity index (χ3v) is 5.90. The predicted molar refractivity (Wildman–Crippen MR) is 119 cm³/mol. The molecule has 1 aliphatic heterocycles. The molecule has 0 aliphatic carbocycles. The molecule has 0 atom stereocenters. The Bertz CT molecular complexity index is 1280. The van der Waals surface area contributed by atoms with E-state index in [1.807, 2.05) is 0 Å². The average Bonchev–Trinajstić information content (AvgIpc) is 3.10. The van der Waals surface area contributed by atoms with Gasteiger partial charge in [0.1, 0.15) is 23.0 Å². The van der Waals surface area contributed by atoms with Gasteiger partial charge in [0.05, 0.1) is 13.2 Å². The molecule has 1 saturated heterocycles. The Labute approximate surface area is 207 Å². The van der Waals surface area contributed by atoms with E-state index in [0.717, 1.165) is 23.6 Å². The summed E-state index contributed by atoms with van der Waals surface area (Å²) < 4.78 is 106. The smallest absolute Gasteiger partial charge is 0.406 e. The number of halogens is 7. The van der Waals surface area contributed by atoms with E-state index < -0.39 is 52.5 Å². The zero-order valence-corrected chi connectivity index (χ0v) is 19.4. The second kappa shape index (κ2) is 10.1. The molecule has 12 heteroatoms. The Kier molecular flexibility index (Phi) is 7.22. The number of morpholine rings is 1. The largest absolute Gasteiger partial charge is 0.573 e. The summed E-state index contributed by atoms with van der Waals surface area (Å²) in [6, 6.07) is 10.2. The lowest BCUT2D eigenvalue weighted by molar-refractivity contribution is -0.274. The molecule has 1 fully saturated rings. The van der Waals surface area contributed by atoms with Crippen molar-refractivity contribution < 1.29 is 45.0 Å². The van der Waals surface area contributed by atoms with Gasteiger partial charge in [-0.15, -0.1) is 13.2 Å². The van der Waals surface area contributed by atoms with Gasteiger partial charge >= 0.3 is 12.5 Å². The number of carbonyl (C=O) groups excluding carboxylic acids is 1. The van der Waals surface area contributed by atoms with Crippen LogP contribution in [0.3, 0.4) is 0 Å². The van der Waals surface area contributed by atoms with Gasteiger partial charge in [-0.05, 0) is 30.2 Å². The minimum Gasteiger partial charge on any atom is -0.406 e. The predicted octanol–water partition coefficient (Wildman–Crippen LogP) is 6.04. The van der Waals surface area contributed by atoms with E-state index in [0.29, 0.717) is 11.6 Å². The molecule has 5 nitrogen and oxygen atoms in total. The Morgan fingerprint density at radius 1 is 1.00 bits per heavy atom. The molecule has 1 amide bonds. The lowest BCUT2D eigenvalue weighted by Gasteiger charge is -2.28. The van der Waals surface area contributed by atoms with Crippen molar-refractivity contribution in [2.24, 2.45) is 0 Å². The van der Waals surface area contributed by atoms with Crippen LogP contribution in [0.25, 0.3) is 11.1 Å². The zero-order chi connectivity index (χ0) is 27.0. The summed E-state index contributed by atoms with van der Waals surface area (Å²) in [5.41, 5.74) is -2.35. The number of hydrogen-bond acceptors (Lipinski definition) is 3. The van der Waals surface area contributed by atoms with Gasteiger partial charge in [0.2, 0.25) is 0 Å². The second-order valence-corrected chi connectivity index (χ2v) is 8.36. The highest BCUT2D eigenvalue weighted by Gasteiger charge is 2.42. The summed E-state index contributed by atoms with van der Waals surface area (Å²) >= 11 is 0. The summed E-state index contributed by atoms with van der Waals surface area (Å²) in [6.07, 6.45) is -10.0. The summed E-state index contributed by atoms with van der Waals surface area (Å²) in [5, 5.41) is 0.